The van der Waals surface area contributed by atoms with Crippen LogP contribution >= 0.6 is 11.3 Å². The van der Waals surface area contributed by atoms with Gasteiger partial charge < -0.3 is 10.6 Å². The smallest absolute Gasteiger partial charge is 0.352 e. The quantitative estimate of drug-likeness (QED) is 0.529. The minimum absolute atomic E-state index is 0.179. The summed E-state index contributed by atoms with van der Waals surface area (Å²) < 4.78 is 37.7. The van der Waals surface area contributed by atoms with Crippen LogP contribution in [0.25, 0.3) is 10.8 Å². The van der Waals surface area contributed by atoms with E-state index in [-0.39, 0.29) is 6.54 Å². The number of thiazole rings is 1. The molecule has 26 heavy (non-hydrogen) atoms. The third kappa shape index (κ3) is 4.51. The Morgan fingerprint density at radius 2 is 1.81 bits per heavy atom. The first kappa shape index (κ1) is 18.2. The van der Waals surface area contributed by atoms with Gasteiger partial charge in [0.1, 0.15) is 5.01 Å². The van der Waals surface area contributed by atoms with Crippen molar-refractivity contribution in [1.29, 1.82) is 0 Å². The van der Waals surface area contributed by atoms with Gasteiger partial charge in [0.05, 0.1) is 6.54 Å². The van der Waals surface area contributed by atoms with Crippen LogP contribution in [-0.2, 0) is 19.3 Å². The van der Waals surface area contributed by atoms with Crippen molar-refractivity contribution in [3.05, 3.63) is 64.1 Å². The van der Waals surface area contributed by atoms with Crippen LogP contribution < -0.4 is 10.6 Å². The van der Waals surface area contributed by atoms with Crippen molar-refractivity contribution >= 4 is 28.1 Å². The van der Waals surface area contributed by atoms with Gasteiger partial charge in [0, 0.05) is 19.0 Å². The fourth-order valence-electron chi connectivity index (χ4n) is 2.44. The van der Waals surface area contributed by atoms with E-state index in [9.17, 15) is 13.2 Å². The van der Waals surface area contributed by atoms with E-state index in [0.717, 1.165) is 27.7 Å². The molecule has 0 fully saturated rings. The van der Waals surface area contributed by atoms with E-state index in [1.165, 1.54) is 5.39 Å². The summed E-state index contributed by atoms with van der Waals surface area (Å²) in [5, 5.41) is 9.82. The number of aliphatic imine (C=N–C) groups is 1. The number of alkyl halides is 3. The molecular weight excluding hydrogens is 361 g/mol. The molecule has 0 aliphatic carbocycles. The van der Waals surface area contributed by atoms with Crippen LogP contribution in [0.5, 0.6) is 0 Å². The van der Waals surface area contributed by atoms with Gasteiger partial charge in [-0.05, 0) is 22.4 Å². The van der Waals surface area contributed by atoms with Gasteiger partial charge >= 0.3 is 6.18 Å². The van der Waals surface area contributed by atoms with Crippen LogP contribution in [0.3, 0.4) is 0 Å². The summed E-state index contributed by atoms with van der Waals surface area (Å²) in [4.78, 5) is 7.67. The van der Waals surface area contributed by atoms with Crippen molar-refractivity contribution in [1.82, 2.24) is 15.6 Å². The van der Waals surface area contributed by atoms with Gasteiger partial charge in [-0.15, -0.1) is 11.3 Å². The molecule has 3 aromatic rings. The standard InChI is InChI=1S/C18H17F3N4S/c1-22-17(24-10-16-25-15(11-26-16)18(19,20)21)23-9-12-6-7-13-4-2-3-5-14(13)8-12/h2-8,11H,9-10H2,1H3,(H2,22,23,24). The number of fused-ring (bicyclic) bond motifs is 1. The zero-order chi connectivity index (χ0) is 18.6. The third-order valence-corrected chi connectivity index (χ3v) is 4.60. The zero-order valence-electron chi connectivity index (χ0n) is 14.0. The Kier molecular flexibility index (Phi) is 5.41. The highest BCUT2D eigenvalue weighted by Crippen LogP contribution is 2.29. The molecule has 1 heterocycles. The molecule has 2 aromatic carbocycles. The summed E-state index contributed by atoms with van der Waals surface area (Å²) in [6.07, 6.45) is -4.41. The Balaban J connectivity index is 1.56. The third-order valence-electron chi connectivity index (χ3n) is 3.75. The first-order valence-electron chi connectivity index (χ1n) is 7.89. The van der Waals surface area contributed by atoms with E-state index in [0.29, 0.717) is 17.5 Å². The van der Waals surface area contributed by atoms with Crippen molar-refractivity contribution in [2.45, 2.75) is 19.3 Å². The lowest BCUT2D eigenvalue weighted by molar-refractivity contribution is -0.140. The van der Waals surface area contributed by atoms with Crippen LogP contribution in [-0.4, -0.2) is 18.0 Å². The van der Waals surface area contributed by atoms with E-state index < -0.39 is 11.9 Å². The Morgan fingerprint density at radius 3 is 2.50 bits per heavy atom. The first-order valence-corrected chi connectivity index (χ1v) is 8.77. The highest BCUT2D eigenvalue weighted by Gasteiger charge is 2.33. The first-order chi connectivity index (χ1) is 12.5. The molecule has 2 N–H and O–H groups in total. The maximum Gasteiger partial charge on any atom is 0.434 e. The Morgan fingerprint density at radius 1 is 1.08 bits per heavy atom. The average Bonchev–Trinajstić information content (AvgIpc) is 3.11. The molecule has 136 valence electrons. The van der Waals surface area contributed by atoms with Gasteiger partial charge in [0.15, 0.2) is 11.7 Å². The number of nitrogens with zero attached hydrogens (tertiary/aromatic N) is 2. The molecule has 8 heteroatoms. The van der Waals surface area contributed by atoms with E-state index in [4.69, 9.17) is 0 Å². The van der Waals surface area contributed by atoms with E-state index in [1.807, 2.05) is 24.3 Å². The minimum Gasteiger partial charge on any atom is -0.352 e. The largest absolute Gasteiger partial charge is 0.434 e. The molecule has 0 amide bonds. The molecule has 0 bridgehead atoms. The monoisotopic (exact) mass is 378 g/mol. The number of hydrogen-bond donors (Lipinski definition) is 2. The molecule has 0 saturated carbocycles. The molecule has 0 radical (unpaired) electrons. The highest BCUT2D eigenvalue weighted by molar-refractivity contribution is 7.09. The molecule has 0 saturated heterocycles. The van der Waals surface area contributed by atoms with Crippen molar-refractivity contribution < 1.29 is 13.2 Å². The van der Waals surface area contributed by atoms with E-state index in [1.54, 1.807) is 7.05 Å². The van der Waals surface area contributed by atoms with Crippen LogP contribution in [0, 0.1) is 0 Å². The maximum atomic E-state index is 12.6. The number of halogens is 3. The molecule has 1 aromatic heterocycles. The number of rotatable bonds is 4. The fourth-order valence-corrected chi connectivity index (χ4v) is 3.18. The second-order valence-electron chi connectivity index (χ2n) is 5.59. The van der Waals surface area contributed by atoms with Gasteiger partial charge in [-0.1, -0.05) is 36.4 Å². The lowest BCUT2D eigenvalue weighted by Crippen LogP contribution is -2.36. The molecule has 0 aliphatic rings. The second-order valence-corrected chi connectivity index (χ2v) is 6.53. The van der Waals surface area contributed by atoms with E-state index >= 15 is 0 Å². The Hall–Kier alpha value is -2.61. The van der Waals surface area contributed by atoms with Crippen molar-refractivity contribution in [2.75, 3.05) is 7.05 Å². The molecule has 0 spiro atoms. The molecule has 0 aliphatic heterocycles. The summed E-state index contributed by atoms with van der Waals surface area (Å²) in [7, 11) is 1.61. The Labute approximate surface area is 152 Å². The summed E-state index contributed by atoms with van der Waals surface area (Å²) >= 11 is 0.968. The van der Waals surface area contributed by atoms with E-state index in [2.05, 4.69) is 38.8 Å². The predicted octanol–water partition coefficient (Wildman–Crippen LogP) is 4.18. The predicted molar refractivity (Wildman–Crippen MR) is 98.1 cm³/mol. The van der Waals surface area contributed by atoms with Crippen LogP contribution in [0.2, 0.25) is 0 Å². The summed E-state index contributed by atoms with van der Waals surface area (Å²) in [5.41, 5.74) is 0.221. The summed E-state index contributed by atoms with van der Waals surface area (Å²) in [6, 6.07) is 14.3. The minimum atomic E-state index is -4.41. The van der Waals surface area contributed by atoms with Gasteiger partial charge in [0.2, 0.25) is 0 Å². The molecule has 3 rings (SSSR count). The van der Waals surface area contributed by atoms with Crippen LogP contribution in [0.1, 0.15) is 16.3 Å². The highest BCUT2D eigenvalue weighted by atomic mass is 32.1. The van der Waals surface area contributed by atoms with Crippen molar-refractivity contribution in [3.63, 3.8) is 0 Å². The lowest BCUT2D eigenvalue weighted by Gasteiger charge is -2.11. The number of aromatic nitrogens is 1. The maximum absolute atomic E-state index is 12.6. The molecule has 0 unspecified atom stereocenters. The van der Waals surface area contributed by atoms with Gasteiger partial charge in [-0.25, -0.2) is 4.98 Å². The zero-order valence-corrected chi connectivity index (χ0v) is 14.8. The fraction of sp³-hybridized carbons (Fsp3) is 0.222. The number of guanidine groups is 1. The summed E-state index contributed by atoms with van der Waals surface area (Å²) in [6.45, 7) is 0.730. The van der Waals surface area contributed by atoms with Crippen molar-refractivity contribution in [3.8, 4) is 0 Å². The normalized spacial score (nSPS) is 12.4. The lowest BCUT2D eigenvalue weighted by atomic mass is 10.1. The van der Waals surface area contributed by atoms with Gasteiger partial charge in [-0.2, -0.15) is 13.2 Å². The molecule has 0 atom stereocenters. The van der Waals surface area contributed by atoms with Crippen LogP contribution in [0.15, 0.2) is 52.8 Å². The van der Waals surface area contributed by atoms with Crippen LogP contribution in [0.4, 0.5) is 13.2 Å². The Bertz CT molecular complexity index is 918. The SMILES string of the molecule is CN=C(NCc1ccc2ccccc2c1)NCc1nc(C(F)(F)F)cs1. The second kappa shape index (κ2) is 7.74. The molecule has 4 nitrogen and oxygen atoms in total. The topological polar surface area (TPSA) is 49.3 Å². The summed E-state index contributed by atoms with van der Waals surface area (Å²) in [5.74, 6) is 0.502. The number of nitrogens with one attached hydrogen (secondary N) is 2. The van der Waals surface area contributed by atoms with Gasteiger partial charge in [0.25, 0.3) is 0 Å². The van der Waals surface area contributed by atoms with Gasteiger partial charge in [-0.3, -0.25) is 4.99 Å². The molecular formula is C18H17F3N4S. The number of benzene rings is 2. The number of hydrogen-bond acceptors (Lipinski definition) is 3. The van der Waals surface area contributed by atoms with Crippen molar-refractivity contribution in [2.24, 2.45) is 4.99 Å². The average molecular weight is 378 g/mol.